The highest BCUT2D eigenvalue weighted by Crippen LogP contribution is 2.37. The number of rotatable bonds is 2. The van der Waals surface area contributed by atoms with Crippen molar-refractivity contribution in [2.24, 2.45) is 0 Å². The molecule has 2 nitrogen and oxygen atoms in total. The molecular weight excluding hydrogens is 314 g/mol. The number of hydrogen-bond acceptors (Lipinski definition) is 2. The van der Waals surface area contributed by atoms with Crippen molar-refractivity contribution in [2.75, 3.05) is 6.26 Å². The smallest absolute Gasteiger partial charge is 0.139 e. The van der Waals surface area contributed by atoms with Crippen LogP contribution in [-0.4, -0.2) is 15.9 Å². The van der Waals surface area contributed by atoms with Gasteiger partial charge >= 0.3 is 0 Å². The maximum Gasteiger partial charge on any atom is 0.139 e. The number of phenols is 1. The average Bonchev–Trinajstić information content (AvgIpc) is 2.90. The van der Waals surface area contributed by atoms with E-state index in [0.717, 1.165) is 22.3 Å². The Morgan fingerprint density at radius 1 is 0.792 bits per heavy atom. The van der Waals surface area contributed by atoms with Gasteiger partial charge in [-0.05, 0) is 68.1 Å². The minimum atomic E-state index is 0.300. The molecule has 3 heteroatoms. The molecule has 0 aliphatic carbocycles. The van der Waals surface area contributed by atoms with Crippen LogP contribution in [0.2, 0.25) is 0 Å². The maximum absolute atomic E-state index is 10.5. The van der Waals surface area contributed by atoms with Gasteiger partial charge in [0.25, 0.3) is 0 Å². The number of benzene rings is 3. The summed E-state index contributed by atoms with van der Waals surface area (Å²) >= 11 is 1.75. The number of aromatic nitrogens is 1. The van der Waals surface area contributed by atoms with Gasteiger partial charge in [-0.25, -0.2) is 0 Å². The van der Waals surface area contributed by atoms with Crippen molar-refractivity contribution in [2.45, 2.75) is 18.7 Å². The number of nitrogens with zero attached hydrogens (tertiary/aromatic N) is 1. The highest BCUT2D eigenvalue weighted by atomic mass is 32.2. The average molecular weight is 333 g/mol. The summed E-state index contributed by atoms with van der Waals surface area (Å²) in [6, 6.07) is 18.8. The third kappa shape index (κ3) is 2.28. The normalized spacial score (nSPS) is 11.5. The minimum absolute atomic E-state index is 0.300. The third-order valence-corrected chi connectivity index (χ3v) is 5.22. The van der Waals surface area contributed by atoms with Crippen molar-refractivity contribution >= 4 is 33.6 Å². The molecule has 0 aliphatic rings. The Kier molecular flexibility index (Phi) is 3.54. The molecule has 4 rings (SSSR count). The zero-order valence-corrected chi connectivity index (χ0v) is 14.8. The molecule has 0 saturated heterocycles. The zero-order chi connectivity index (χ0) is 16.8. The second-order valence-electron chi connectivity index (χ2n) is 6.23. The van der Waals surface area contributed by atoms with Crippen LogP contribution < -0.4 is 0 Å². The van der Waals surface area contributed by atoms with Gasteiger partial charge in [-0.3, -0.25) is 0 Å². The first-order valence-corrected chi connectivity index (χ1v) is 9.20. The lowest BCUT2D eigenvalue weighted by atomic mass is 10.1. The number of thioether (sulfide) groups is 1. The van der Waals surface area contributed by atoms with E-state index in [-0.39, 0.29) is 0 Å². The van der Waals surface area contributed by atoms with Gasteiger partial charge in [0.15, 0.2) is 0 Å². The number of aromatic hydroxyl groups is 1. The Morgan fingerprint density at radius 2 is 1.42 bits per heavy atom. The van der Waals surface area contributed by atoms with Crippen molar-refractivity contribution < 1.29 is 5.11 Å². The minimum Gasteiger partial charge on any atom is -0.506 e. The molecule has 1 heterocycles. The Hall–Kier alpha value is -2.39. The van der Waals surface area contributed by atoms with Gasteiger partial charge in [-0.2, -0.15) is 0 Å². The number of phenolic OH excluding ortho intramolecular Hbond substituents is 1. The number of fused-ring (bicyclic) bond motifs is 3. The molecule has 0 unspecified atom stereocenters. The second kappa shape index (κ2) is 5.60. The van der Waals surface area contributed by atoms with Gasteiger partial charge in [-0.15, -0.1) is 11.8 Å². The molecule has 0 aliphatic heterocycles. The maximum atomic E-state index is 10.5. The van der Waals surface area contributed by atoms with Crippen LogP contribution in [0.3, 0.4) is 0 Å². The van der Waals surface area contributed by atoms with E-state index in [9.17, 15) is 5.11 Å². The molecule has 0 bridgehead atoms. The molecule has 4 aromatic rings. The predicted octanol–water partition coefficient (Wildman–Crippen LogP) is 5.83. The SMILES string of the molecule is CSc1ccc2c(c1)c1cc(C)ccc1n2-c1cc(C)ccc1O. The monoisotopic (exact) mass is 333 g/mol. The van der Waals surface area contributed by atoms with Gasteiger partial charge < -0.3 is 9.67 Å². The summed E-state index contributed by atoms with van der Waals surface area (Å²) in [5, 5.41) is 12.9. The van der Waals surface area contributed by atoms with E-state index in [1.165, 1.54) is 21.2 Å². The molecule has 0 radical (unpaired) electrons. The van der Waals surface area contributed by atoms with Crippen molar-refractivity contribution in [1.82, 2.24) is 4.57 Å². The topological polar surface area (TPSA) is 25.2 Å². The lowest BCUT2D eigenvalue weighted by molar-refractivity contribution is 0.473. The van der Waals surface area contributed by atoms with Crippen LogP contribution in [0, 0.1) is 13.8 Å². The Morgan fingerprint density at radius 3 is 2.17 bits per heavy atom. The van der Waals surface area contributed by atoms with E-state index in [2.05, 4.69) is 54.1 Å². The van der Waals surface area contributed by atoms with E-state index in [0.29, 0.717) is 5.75 Å². The molecular formula is C21H19NOS. The van der Waals surface area contributed by atoms with Gasteiger partial charge in [0.1, 0.15) is 5.75 Å². The van der Waals surface area contributed by atoms with Gasteiger partial charge in [-0.1, -0.05) is 17.7 Å². The summed E-state index contributed by atoms with van der Waals surface area (Å²) in [6.45, 7) is 4.16. The standard InChI is InChI=1S/C21H19NOS/c1-13-4-7-18-16(10-13)17-12-15(24-3)6-8-19(17)22(18)20-11-14(2)5-9-21(20)23/h4-12,23H,1-3H3. The summed E-state index contributed by atoms with van der Waals surface area (Å²) < 4.78 is 2.16. The summed E-state index contributed by atoms with van der Waals surface area (Å²) in [6.07, 6.45) is 2.10. The predicted molar refractivity (Wildman–Crippen MR) is 104 cm³/mol. The fourth-order valence-electron chi connectivity index (χ4n) is 3.32. The summed E-state index contributed by atoms with van der Waals surface area (Å²) in [4.78, 5) is 1.25. The molecule has 1 N–H and O–H groups in total. The lowest BCUT2D eigenvalue weighted by Crippen LogP contribution is -1.95. The van der Waals surface area contributed by atoms with Crippen LogP contribution in [0.1, 0.15) is 11.1 Å². The first-order chi connectivity index (χ1) is 11.6. The Balaban J connectivity index is 2.19. The number of hydrogen-bond donors (Lipinski definition) is 1. The highest BCUT2D eigenvalue weighted by molar-refractivity contribution is 7.98. The Labute approximate surface area is 145 Å². The third-order valence-electron chi connectivity index (χ3n) is 4.50. The molecule has 3 aromatic carbocycles. The molecule has 0 fully saturated rings. The molecule has 0 atom stereocenters. The highest BCUT2D eigenvalue weighted by Gasteiger charge is 2.15. The molecule has 0 saturated carbocycles. The van der Waals surface area contributed by atoms with E-state index >= 15 is 0 Å². The first kappa shape index (κ1) is 15.2. The first-order valence-electron chi connectivity index (χ1n) is 7.97. The van der Waals surface area contributed by atoms with Crippen molar-refractivity contribution in [3.63, 3.8) is 0 Å². The van der Waals surface area contributed by atoms with Crippen molar-refractivity contribution in [1.29, 1.82) is 0 Å². The van der Waals surface area contributed by atoms with Crippen LogP contribution in [0.4, 0.5) is 0 Å². The number of aryl methyl sites for hydroxylation is 2. The van der Waals surface area contributed by atoms with E-state index in [1.54, 1.807) is 17.8 Å². The van der Waals surface area contributed by atoms with Gasteiger partial charge in [0.05, 0.1) is 16.7 Å². The van der Waals surface area contributed by atoms with E-state index in [1.807, 2.05) is 19.1 Å². The molecule has 0 spiro atoms. The summed E-state index contributed by atoms with van der Waals surface area (Å²) in [5.74, 6) is 0.300. The second-order valence-corrected chi connectivity index (χ2v) is 7.11. The molecule has 24 heavy (non-hydrogen) atoms. The quantitative estimate of drug-likeness (QED) is 0.467. The molecule has 0 amide bonds. The fourth-order valence-corrected chi connectivity index (χ4v) is 3.76. The summed E-state index contributed by atoms with van der Waals surface area (Å²) in [7, 11) is 0. The van der Waals surface area contributed by atoms with Crippen molar-refractivity contribution in [3.8, 4) is 11.4 Å². The Bertz CT molecular complexity index is 1080. The van der Waals surface area contributed by atoms with Crippen LogP contribution in [0.15, 0.2) is 59.5 Å². The molecule has 1 aromatic heterocycles. The van der Waals surface area contributed by atoms with Crippen LogP contribution in [-0.2, 0) is 0 Å². The van der Waals surface area contributed by atoms with Crippen LogP contribution in [0.5, 0.6) is 5.75 Å². The summed E-state index contributed by atoms with van der Waals surface area (Å²) in [5.41, 5.74) is 5.44. The van der Waals surface area contributed by atoms with Crippen molar-refractivity contribution in [3.05, 3.63) is 65.7 Å². The van der Waals surface area contributed by atoms with Crippen LogP contribution >= 0.6 is 11.8 Å². The fraction of sp³-hybridized carbons (Fsp3) is 0.143. The lowest BCUT2D eigenvalue weighted by Gasteiger charge is -2.11. The van der Waals surface area contributed by atoms with Gasteiger partial charge in [0.2, 0.25) is 0 Å². The van der Waals surface area contributed by atoms with Crippen LogP contribution in [0.25, 0.3) is 27.5 Å². The van der Waals surface area contributed by atoms with E-state index < -0.39 is 0 Å². The van der Waals surface area contributed by atoms with E-state index in [4.69, 9.17) is 0 Å². The molecule has 120 valence electrons. The van der Waals surface area contributed by atoms with Gasteiger partial charge in [0, 0.05) is 15.7 Å². The largest absolute Gasteiger partial charge is 0.506 e. The zero-order valence-electron chi connectivity index (χ0n) is 14.0.